The molecule has 0 aromatic heterocycles. The molecule has 0 fully saturated rings. The molecule has 1 aromatic rings. The van der Waals surface area contributed by atoms with Gasteiger partial charge in [0.1, 0.15) is 12.4 Å². The van der Waals surface area contributed by atoms with Crippen molar-refractivity contribution in [3.63, 3.8) is 0 Å². The highest BCUT2D eigenvalue weighted by atomic mass is 19.3. The Balaban J connectivity index is 2.44. The molecular formula is C13H17F2NO3. The zero-order chi connectivity index (χ0) is 14.5. The van der Waals surface area contributed by atoms with E-state index < -0.39 is 25.0 Å². The van der Waals surface area contributed by atoms with Gasteiger partial charge in [0.2, 0.25) is 0 Å². The highest BCUT2D eigenvalue weighted by Crippen LogP contribution is 2.18. The summed E-state index contributed by atoms with van der Waals surface area (Å²) in [5, 5.41) is 10.4. The lowest BCUT2D eigenvalue weighted by atomic mass is 10.1. The average Bonchev–Trinajstić information content (AvgIpc) is 2.37. The second-order valence-corrected chi connectivity index (χ2v) is 4.35. The summed E-state index contributed by atoms with van der Waals surface area (Å²) in [6, 6.07) is 5.53. The smallest absolute Gasteiger partial charge is 0.287 e. The van der Waals surface area contributed by atoms with E-state index in [4.69, 9.17) is 9.84 Å². The van der Waals surface area contributed by atoms with E-state index in [1.165, 1.54) is 0 Å². The second-order valence-electron chi connectivity index (χ2n) is 4.35. The Labute approximate surface area is 110 Å². The molecule has 6 heteroatoms. The van der Waals surface area contributed by atoms with Gasteiger partial charge in [-0.1, -0.05) is 12.1 Å². The van der Waals surface area contributed by atoms with Crippen LogP contribution in [-0.4, -0.2) is 36.7 Å². The van der Waals surface area contributed by atoms with Crippen molar-refractivity contribution >= 4 is 5.91 Å². The molecule has 106 valence electrons. The van der Waals surface area contributed by atoms with E-state index in [0.29, 0.717) is 5.75 Å². The zero-order valence-corrected chi connectivity index (χ0v) is 10.9. The number of ether oxygens (including phenoxy) is 1. The van der Waals surface area contributed by atoms with Gasteiger partial charge in [-0.2, -0.15) is 0 Å². The molecule has 0 radical (unpaired) electrons. The number of carbonyl (C=O) groups excluding carboxylic acids is 1. The summed E-state index contributed by atoms with van der Waals surface area (Å²) in [7, 11) is 0. The van der Waals surface area contributed by atoms with Crippen LogP contribution in [0.1, 0.15) is 11.1 Å². The maximum Gasteiger partial charge on any atom is 0.287 e. The van der Waals surface area contributed by atoms with Crippen molar-refractivity contribution in [3.05, 3.63) is 29.3 Å². The summed E-state index contributed by atoms with van der Waals surface area (Å²) in [5.74, 6) is -3.42. The number of halogens is 2. The van der Waals surface area contributed by atoms with Gasteiger partial charge in [-0.3, -0.25) is 4.79 Å². The number of amides is 1. The highest BCUT2D eigenvalue weighted by Gasteiger charge is 2.28. The van der Waals surface area contributed by atoms with Crippen LogP contribution in [0.15, 0.2) is 18.2 Å². The van der Waals surface area contributed by atoms with E-state index in [9.17, 15) is 13.6 Å². The predicted octanol–water partition coefficient (Wildman–Crippen LogP) is 1.43. The molecule has 0 aliphatic rings. The average molecular weight is 273 g/mol. The van der Waals surface area contributed by atoms with Crippen LogP contribution in [0.5, 0.6) is 5.75 Å². The van der Waals surface area contributed by atoms with Crippen molar-refractivity contribution in [3.8, 4) is 5.75 Å². The van der Waals surface area contributed by atoms with Crippen LogP contribution < -0.4 is 10.1 Å². The van der Waals surface area contributed by atoms with Crippen molar-refractivity contribution < 1.29 is 23.4 Å². The fourth-order valence-electron chi connectivity index (χ4n) is 1.34. The maximum atomic E-state index is 12.7. The van der Waals surface area contributed by atoms with Crippen LogP contribution in [0, 0.1) is 13.8 Å². The lowest BCUT2D eigenvalue weighted by molar-refractivity contribution is -0.126. The fourth-order valence-corrected chi connectivity index (χ4v) is 1.34. The predicted molar refractivity (Wildman–Crippen MR) is 66.5 cm³/mol. The molecule has 0 heterocycles. The topological polar surface area (TPSA) is 58.6 Å². The molecule has 0 bridgehead atoms. The highest BCUT2D eigenvalue weighted by molar-refractivity contribution is 5.77. The summed E-state index contributed by atoms with van der Waals surface area (Å²) in [6.07, 6.45) is 0. The first-order chi connectivity index (χ1) is 8.84. The van der Waals surface area contributed by atoms with Gasteiger partial charge in [-0.15, -0.1) is 0 Å². The Bertz CT molecular complexity index is 450. The van der Waals surface area contributed by atoms with Crippen LogP contribution in [0.3, 0.4) is 0 Å². The molecule has 0 saturated heterocycles. The van der Waals surface area contributed by atoms with Crippen molar-refractivity contribution in [1.29, 1.82) is 0 Å². The van der Waals surface area contributed by atoms with Crippen LogP contribution >= 0.6 is 0 Å². The van der Waals surface area contributed by atoms with E-state index in [1.54, 1.807) is 6.07 Å². The summed E-state index contributed by atoms with van der Waals surface area (Å²) >= 11 is 0. The van der Waals surface area contributed by atoms with Crippen molar-refractivity contribution in [2.45, 2.75) is 19.8 Å². The number of hydrogen-bond donors (Lipinski definition) is 2. The molecule has 0 atom stereocenters. The standard InChI is InChI=1S/C13H17F2NO3/c1-9-3-4-10(2)11(5-9)19-6-12(18)16-7-13(14,15)8-17/h3-5,17H,6-8H2,1-2H3,(H,16,18). The number of carbonyl (C=O) groups is 1. The van der Waals surface area contributed by atoms with Gasteiger partial charge in [0.05, 0.1) is 6.54 Å². The quantitative estimate of drug-likeness (QED) is 0.824. The number of alkyl halides is 2. The lowest BCUT2D eigenvalue weighted by Gasteiger charge is -2.14. The van der Waals surface area contributed by atoms with Gasteiger partial charge in [-0.25, -0.2) is 8.78 Å². The molecule has 1 aromatic carbocycles. The largest absolute Gasteiger partial charge is 0.483 e. The summed E-state index contributed by atoms with van der Waals surface area (Å²) in [5.41, 5.74) is 1.84. The zero-order valence-electron chi connectivity index (χ0n) is 10.9. The van der Waals surface area contributed by atoms with Crippen LogP contribution in [0.4, 0.5) is 8.78 Å². The first-order valence-corrected chi connectivity index (χ1v) is 5.79. The summed E-state index contributed by atoms with van der Waals surface area (Å²) in [6.45, 7) is 1.16. The Hall–Kier alpha value is -1.69. The van der Waals surface area contributed by atoms with Crippen LogP contribution in [-0.2, 0) is 4.79 Å². The normalized spacial score (nSPS) is 11.2. The Morgan fingerprint density at radius 1 is 1.42 bits per heavy atom. The molecule has 1 rings (SSSR count). The fraction of sp³-hybridized carbons (Fsp3) is 0.462. The van der Waals surface area contributed by atoms with Gasteiger partial charge in [0.15, 0.2) is 6.61 Å². The van der Waals surface area contributed by atoms with Gasteiger partial charge in [-0.05, 0) is 31.0 Å². The second kappa shape index (κ2) is 6.47. The number of benzene rings is 1. The maximum absolute atomic E-state index is 12.7. The van der Waals surface area contributed by atoms with Crippen LogP contribution in [0.2, 0.25) is 0 Å². The van der Waals surface area contributed by atoms with E-state index in [-0.39, 0.29) is 6.61 Å². The number of rotatable bonds is 6. The monoisotopic (exact) mass is 273 g/mol. The SMILES string of the molecule is Cc1ccc(C)c(OCC(=O)NCC(F)(F)CO)c1. The van der Waals surface area contributed by atoms with Crippen molar-refractivity contribution in [2.24, 2.45) is 0 Å². The van der Waals surface area contributed by atoms with Gasteiger partial charge < -0.3 is 15.2 Å². The van der Waals surface area contributed by atoms with Crippen molar-refractivity contribution in [1.82, 2.24) is 5.32 Å². The molecule has 0 spiro atoms. The summed E-state index contributed by atoms with van der Waals surface area (Å²) < 4.78 is 30.6. The van der Waals surface area contributed by atoms with Gasteiger partial charge in [0, 0.05) is 0 Å². The Morgan fingerprint density at radius 2 is 2.11 bits per heavy atom. The Kier molecular flexibility index (Phi) is 5.23. The third kappa shape index (κ3) is 5.21. The number of aryl methyl sites for hydroxylation is 2. The molecular weight excluding hydrogens is 256 g/mol. The molecule has 0 saturated carbocycles. The van der Waals surface area contributed by atoms with E-state index in [1.807, 2.05) is 31.3 Å². The Morgan fingerprint density at radius 3 is 2.74 bits per heavy atom. The van der Waals surface area contributed by atoms with Gasteiger partial charge >= 0.3 is 0 Å². The molecule has 0 unspecified atom stereocenters. The van der Waals surface area contributed by atoms with Crippen LogP contribution in [0.25, 0.3) is 0 Å². The van der Waals surface area contributed by atoms with E-state index >= 15 is 0 Å². The van der Waals surface area contributed by atoms with Crippen molar-refractivity contribution in [2.75, 3.05) is 19.8 Å². The molecule has 0 aliphatic heterocycles. The molecule has 0 aliphatic carbocycles. The van der Waals surface area contributed by atoms with E-state index in [2.05, 4.69) is 0 Å². The molecule has 1 amide bonds. The number of nitrogens with one attached hydrogen (secondary N) is 1. The first-order valence-electron chi connectivity index (χ1n) is 5.79. The van der Waals surface area contributed by atoms with E-state index in [0.717, 1.165) is 11.1 Å². The lowest BCUT2D eigenvalue weighted by Crippen LogP contribution is -2.40. The molecule has 2 N–H and O–H groups in total. The third-order valence-corrected chi connectivity index (χ3v) is 2.48. The van der Waals surface area contributed by atoms with Gasteiger partial charge in [0.25, 0.3) is 11.8 Å². The minimum atomic E-state index is -3.31. The minimum Gasteiger partial charge on any atom is -0.483 e. The number of aliphatic hydroxyl groups excluding tert-OH is 1. The number of hydrogen-bond acceptors (Lipinski definition) is 3. The molecule has 19 heavy (non-hydrogen) atoms. The third-order valence-electron chi connectivity index (χ3n) is 2.48. The number of aliphatic hydroxyl groups is 1. The summed E-state index contributed by atoms with van der Waals surface area (Å²) in [4.78, 5) is 11.3. The first kappa shape index (κ1) is 15.4. The minimum absolute atomic E-state index is 0.341. The molecule has 4 nitrogen and oxygen atoms in total.